The summed E-state index contributed by atoms with van der Waals surface area (Å²) in [7, 11) is 1.64. The Morgan fingerprint density at radius 2 is 1.61 bits per heavy atom. The van der Waals surface area contributed by atoms with E-state index in [0.717, 1.165) is 43.1 Å². The highest BCUT2D eigenvalue weighted by Crippen LogP contribution is 2.29. The number of fused-ring (bicyclic) bond motifs is 1. The van der Waals surface area contributed by atoms with Crippen LogP contribution in [0.2, 0.25) is 0 Å². The first kappa shape index (κ1) is 26.8. The Kier molecular flexibility index (Phi) is 8.39. The first-order chi connectivity index (χ1) is 20.3. The van der Waals surface area contributed by atoms with Crippen molar-refractivity contribution in [2.45, 2.75) is 6.61 Å². The Balaban J connectivity index is 1.16. The molecule has 2 fully saturated rings. The average Bonchev–Trinajstić information content (AvgIpc) is 3.04. The van der Waals surface area contributed by atoms with E-state index < -0.39 is 0 Å². The molecule has 0 amide bonds. The maximum atomic E-state index is 6.16. The fourth-order valence-electron chi connectivity index (χ4n) is 4.97. The fraction of sp³-hybridized carbons (Fsp3) is 0.323. The summed E-state index contributed by atoms with van der Waals surface area (Å²) in [5.41, 5.74) is 5.08. The lowest BCUT2D eigenvalue weighted by atomic mass is 10.1. The van der Waals surface area contributed by atoms with Crippen LogP contribution < -0.4 is 24.7 Å². The molecule has 0 saturated carbocycles. The number of hydrogen-bond donors (Lipinski definition) is 1. The number of hydrazone groups is 1. The molecule has 1 N–H and O–H groups in total. The number of methoxy groups -OCH3 is 1. The van der Waals surface area contributed by atoms with Crippen LogP contribution >= 0.6 is 0 Å². The van der Waals surface area contributed by atoms with Gasteiger partial charge in [0.05, 0.1) is 39.8 Å². The second kappa shape index (κ2) is 12.8. The van der Waals surface area contributed by atoms with Crippen molar-refractivity contribution in [2.75, 3.05) is 74.9 Å². The summed E-state index contributed by atoms with van der Waals surface area (Å²) in [4.78, 5) is 13.9. The minimum absolute atomic E-state index is 0.442. The van der Waals surface area contributed by atoms with Gasteiger partial charge in [-0.25, -0.2) is 0 Å². The van der Waals surface area contributed by atoms with Crippen molar-refractivity contribution in [3.8, 4) is 11.5 Å². The van der Waals surface area contributed by atoms with Crippen molar-refractivity contribution in [1.82, 2.24) is 9.97 Å². The molecule has 0 unspecified atom stereocenters. The molecular formula is C31H34N6O4. The van der Waals surface area contributed by atoms with Gasteiger partial charge in [0.2, 0.25) is 5.95 Å². The van der Waals surface area contributed by atoms with E-state index in [0.29, 0.717) is 56.3 Å². The maximum Gasteiger partial charge on any atom is 0.229 e. The average molecular weight is 555 g/mol. The lowest BCUT2D eigenvalue weighted by molar-refractivity contribution is 0.121. The maximum absolute atomic E-state index is 6.16. The number of hydrogen-bond acceptors (Lipinski definition) is 10. The van der Waals surface area contributed by atoms with Crippen LogP contribution in [0.25, 0.3) is 10.8 Å². The predicted octanol–water partition coefficient (Wildman–Crippen LogP) is 4.34. The second-order valence-corrected chi connectivity index (χ2v) is 9.82. The van der Waals surface area contributed by atoms with Crippen LogP contribution in [-0.4, -0.2) is 75.9 Å². The summed E-state index contributed by atoms with van der Waals surface area (Å²) in [6, 6.07) is 22.2. The molecule has 1 aromatic heterocycles. The molecule has 0 spiro atoms. The van der Waals surface area contributed by atoms with Crippen LogP contribution in [0.3, 0.4) is 0 Å². The predicted molar refractivity (Wildman–Crippen MR) is 161 cm³/mol. The zero-order chi connectivity index (χ0) is 27.9. The van der Waals surface area contributed by atoms with Gasteiger partial charge in [-0.2, -0.15) is 15.1 Å². The first-order valence-corrected chi connectivity index (χ1v) is 13.9. The van der Waals surface area contributed by atoms with Gasteiger partial charge in [0.1, 0.15) is 12.4 Å². The second-order valence-electron chi connectivity index (χ2n) is 9.82. The van der Waals surface area contributed by atoms with Crippen molar-refractivity contribution in [2.24, 2.45) is 5.10 Å². The summed E-state index contributed by atoms with van der Waals surface area (Å²) in [5.74, 6) is 3.47. The molecule has 6 rings (SSSR count). The van der Waals surface area contributed by atoms with Crippen molar-refractivity contribution < 1.29 is 18.9 Å². The topological polar surface area (TPSA) is 93.6 Å². The van der Waals surface area contributed by atoms with Crippen LogP contribution in [0.5, 0.6) is 11.5 Å². The van der Waals surface area contributed by atoms with Crippen LogP contribution in [-0.2, 0) is 16.1 Å². The van der Waals surface area contributed by atoms with Crippen molar-refractivity contribution in [3.05, 3.63) is 77.9 Å². The van der Waals surface area contributed by atoms with E-state index in [-0.39, 0.29) is 0 Å². The number of anilines is 3. The summed E-state index contributed by atoms with van der Waals surface area (Å²) in [5, 5.41) is 6.84. The summed E-state index contributed by atoms with van der Waals surface area (Å²) in [6.45, 7) is 6.22. The van der Waals surface area contributed by atoms with E-state index in [1.54, 1.807) is 13.3 Å². The van der Waals surface area contributed by atoms with E-state index in [2.05, 4.69) is 50.7 Å². The van der Waals surface area contributed by atoms with E-state index >= 15 is 0 Å². The van der Waals surface area contributed by atoms with Gasteiger partial charge in [0.25, 0.3) is 0 Å². The minimum Gasteiger partial charge on any atom is -0.493 e. The third kappa shape index (κ3) is 6.50. The molecule has 3 aromatic carbocycles. The van der Waals surface area contributed by atoms with E-state index in [9.17, 15) is 0 Å². The van der Waals surface area contributed by atoms with Crippen molar-refractivity contribution in [3.63, 3.8) is 0 Å². The standard InChI is InChI=1S/C31H34N6O4/c1-38-28-19-23(9-10-27(28)41-22-25-7-4-6-24-5-2-3-8-26(24)25)21-32-35-29-20-30(36-11-15-39-16-12-36)34-31(33-29)37-13-17-40-18-14-37/h2-10,19-21H,11-18,22H2,1H3,(H,33,34,35)/b32-21-. The molecule has 2 aliphatic rings. The van der Waals surface area contributed by atoms with Crippen molar-refractivity contribution in [1.29, 1.82) is 0 Å². The Hall–Kier alpha value is -4.41. The molecule has 10 heteroatoms. The third-order valence-corrected chi connectivity index (χ3v) is 7.17. The fourth-order valence-corrected chi connectivity index (χ4v) is 4.97. The molecule has 2 aliphatic heterocycles. The smallest absolute Gasteiger partial charge is 0.229 e. The highest BCUT2D eigenvalue weighted by Gasteiger charge is 2.19. The number of benzene rings is 3. The molecule has 212 valence electrons. The van der Waals surface area contributed by atoms with Crippen LogP contribution in [0.15, 0.2) is 71.8 Å². The zero-order valence-electron chi connectivity index (χ0n) is 23.2. The normalized spacial score (nSPS) is 15.8. The Morgan fingerprint density at radius 1 is 0.854 bits per heavy atom. The number of ether oxygens (including phenoxy) is 4. The van der Waals surface area contributed by atoms with Gasteiger partial charge >= 0.3 is 0 Å². The van der Waals surface area contributed by atoms with Gasteiger partial charge in [-0.15, -0.1) is 0 Å². The minimum atomic E-state index is 0.442. The number of nitrogens with zero attached hydrogens (tertiary/aromatic N) is 5. The van der Waals surface area contributed by atoms with Crippen molar-refractivity contribution >= 4 is 34.6 Å². The van der Waals surface area contributed by atoms with Gasteiger partial charge in [-0.3, -0.25) is 5.43 Å². The van der Waals surface area contributed by atoms with Crippen LogP contribution in [0.4, 0.5) is 17.6 Å². The Labute approximate surface area is 239 Å². The van der Waals surface area contributed by atoms with Gasteiger partial charge in [-0.05, 0) is 40.1 Å². The lowest BCUT2D eigenvalue weighted by Gasteiger charge is -2.31. The molecule has 2 saturated heterocycles. The molecule has 3 heterocycles. The molecule has 10 nitrogen and oxygen atoms in total. The molecule has 4 aromatic rings. The zero-order valence-corrected chi connectivity index (χ0v) is 23.2. The Bertz CT molecular complexity index is 1460. The first-order valence-electron chi connectivity index (χ1n) is 13.9. The monoisotopic (exact) mass is 554 g/mol. The summed E-state index contributed by atoms with van der Waals surface area (Å²) < 4.78 is 22.8. The molecule has 41 heavy (non-hydrogen) atoms. The number of morpholine rings is 2. The quantitative estimate of drug-likeness (QED) is 0.240. The molecule has 0 radical (unpaired) electrons. The van der Waals surface area contributed by atoms with E-state index in [1.807, 2.05) is 36.4 Å². The van der Waals surface area contributed by atoms with E-state index in [1.165, 1.54) is 10.8 Å². The van der Waals surface area contributed by atoms with Crippen LogP contribution in [0.1, 0.15) is 11.1 Å². The van der Waals surface area contributed by atoms with E-state index in [4.69, 9.17) is 28.9 Å². The Morgan fingerprint density at radius 3 is 2.41 bits per heavy atom. The molecule has 0 atom stereocenters. The number of aromatic nitrogens is 2. The van der Waals surface area contributed by atoms with Gasteiger partial charge in [0, 0.05) is 32.2 Å². The van der Waals surface area contributed by atoms with Gasteiger partial charge in [-0.1, -0.05) is 42.5 Å². The number of nitrogens with one attached hydrogen (secondary N) is 1. The van der Waals surface area contributed by atoms with Gasteiger partial charge in [0.15, 0.2) is 17.3 Å². The summed E-state index contributed by atoms with van der Waals surface area (Å²) >= 11 is 0. The summed E-state index contributed by atoms with van der Waals surface area (Å²) in [6.07, 6.45) is 1.74. The SMILES string of the molecule is COc1cc(/C=N\Nc2cc(N3CCOCC3)nc(N3CCOCC3)n2)ccc1OCc1cccc2ccccc12. The van der Waals surface area contributed by atoms with Gasteiger partial charge < -0.3 is 28.7 Å². The molecule has 0 bridgehead atoms. The highest BCUT2D eigenvalue weighted by atomic mass is 16.5. The molecular weight excluding hydrogens is 520 g/mol. The van der Waals surface area contributed by atoms with Crippen LogP contribution in [0, 0.1) is 0 Å². The third-order valence-electron chi connectivity index (χ3n) is 7.17. The molecule has 0 aliphatic carbocycles. The number of rotatable bonds is 9. The largest absolute Gasteiger partial charge is 0.493 e. The highest BCUT2D eigenvalue weighted by molar-refractivity contribution is 5.85. The lowest BCUT2D eigenvalue weighted by Crippen LogP contribution is -2.39.